The van der Waals surface area contributed by atoms with Gasteiger partial charge in [0.15, 0.2) is 0 Å². The third kappa shape index (κ3) is 6.34. The summed E-state index contributed by atoms with van der Waals surface area (Å²) in [4.78, 5) is 15.0. The fraction of sp³-hybridized carbons (Fsp3) is 0.360. The molecule has 0 unspecified atom stereocenters. The molecule has 0 bridgehead atoms. The summed E-state index contributed by atoms with van der Waals surface area (Å²) in [5.41, 5.74) is 2.74. The van der Waals surface area contributed by atoms with Gasteiger partial charge in [-0.3, -0.25) is 14.4 Å². The number of carbonyl (C=O) groups is 1. The second kappa shape index (κ2) is 11.1. The molecule has 4 rings (SSSR count). The summed E-state index contributed by atoms with van der Waals surface area (Å²) >= 11 is 0. The van der Waals surface area contributed by atoms with Crippen molar-refractivity contribution in [3.8, 4) is 0 Å². The fourth-order valence-electron chi connectivity index (χ4n) is 3.86. The van der Waals surface area contributed by atoms with E-state index in [2.05, 4.69) is 22.5 Å². The van der Waals surface area contributed by atoms with E-state index in [1.54, 1.807) is 12.1 Å². The molecule has 3 aromatic rings. The minimum atomic E-state index is -3.57. The van der Waals surface area contributed by atoms with Gasteiger partial charge in [-0.2, -0.15) is 9.40 Å². The molecular weight excluding hydrogens is 466 g/mol. The van der Waals surface area contributed by atoms with E-state index >= 15 is 0 Å². The lowest BCUT2D eigenvalue weighted by Gasteiger charge is -2.26. The zero-order valence-corrected chi connectivity index (χ0v) is 20.8. The summed E-state index contributed by atoms with van der Waals surface area (Å²) in [5.74, 6) is -0.173. The van der Waals surface area contributed by atoms with Crippen molar-refractivity contribution < 1.29 is 17.9 Å². The molecule has 2 aromatic carbocycles. The maximum absolute atomic E-state index is 12.8. The number of anilines is 1. The molecule has 2 heterocycles. The second-order valence-electron chi connectivity index (χ2n) is 8.65. The average Bonchev–Trinajstić information content (AvgIpc) is 3.31. The molecule has 35 heavy (non-hydrogen) atoms. The zero-order chi connectivity index (χ0) is 24.8. The van der Waals surface area contributed by atoms with Crippen molar-refractivity contribution in [2.45, 2.75) is 31.0 Å². The summed E-state index contributed by atoms with van der Waals surface area (Å²) in [6, 6.07) is 16.0. The Morgan fingerprint density at radius 3 is 2.46 bits per heavy atom. The van der Waals surface area contributed by atoms with Gasteiger partial charge in [0.2, 0.25) is 15.9 Å². The molecule has 1 aromatic heterocycles. The monoisotopic (exact) mass is 497 g/mol. The Labute approximate surface area is 206 Å². The van der Waals surface area contributed by atoms with Crippen LogP contribution in [0.4, 0.5) is 5.69 Å². The number of hydrogen-bond acceptors (Lipinski definition) is 6. The molecule has 186 valence electrons. The number of nitrogens with zero attached hydrogens (tertiary/aromatic N) is 4. The first kappa shape index (κ1) is 25.1. The van der Waals surface area contributed by atoms with Crippen molar-refractivity contribution in [3.63, 3.8) is 0 Å². The number of ether oxygens (including phenoxy) is 1. The summed E-state index contributed by atoms with van der Waals surface area (Å²) in [5, 5.41) is 7.30. The summed E-state index contributed by atoms with van der Waals surface area (Å²) < 4.78 is 34.1. The van der Waals surface area contributed by atoms with E-state index in [-0.39, 0.29) is 10.8 Å². The van der Waals surface area contributed by atoms with Crippen LogP contribution in [0.3, 0.4) is 0 Å². The Kier molecular flexibility index (Phi) is 7.97. The number of aromatic nitrogens is 2. The van der Waals surface area contributed by atoms with Crippen LogP contribution < -0.4 is 5.32 Å². The molecule has 1 aliphatic heterocycles. The molecule has 1 fully saturated rings. The normalized spacial score (nSPS) is 15.7. The largest absolute Gasteiger partial charge is 0.379 e. The lowest BCUT2D eigenvalue weighted by Crippen LogP contribution is -2.40. The van der Waals surface area contributed by atoms with Gasteiger partial charge in [0, 0.05) is 37.1 Å². The summed E-state index contributed by atoms with van der Waals surface area (Å²) in [6.45, 7) is 4.57. The van der Waals surface area contributed by atoms with Gasteiger partial charge in [-0.15, -0.1) is 0 Å². The van der Waals surface area contributed by atoms with Crippen LogP contribution in [0.1, 0.15) is 18.1 Å². The van der Waals surface area contributed by atoms with E-state index in [9.17, 15) is 13.2 Å². The van der Waals surface area contributed by atoms with Crippen molar-refractivity contribution in [1.82, 2.24) is 19.0 Å². The van der Waals surface area contributed by atoms with Crippen LogP contribution in [0.5, 0.6) is 0 Å². The van der Waals surface area contributed by atoms with Crippen LogP contribution in [-0.2, 0) is 32.6 Å². The maximum Gasteiger partial charge on any atom is 0.243 e. The van der Waals surface area contributed by atoms with Gasteiger partial charge in [-0.05, 0) is 43.8 Å². The molecule has 0 saturated carbocycles. The molecule has 1 atom stereocenters. The fourth-order valence-corrected chi connectivity index (χ4v) is 5.27. The molecule has 0 spiro atoms. The van der Waals surface area contributed by atoms with E-state index < -0.39 is 16.1 Å². The maximum atomic E-state index is 12.8. The highest BCUT2D eigenvalue weighted by Crippen LogP contribution is 2.20. The Balaban J connectivity index is 1.31. The standard InChI is InChI=1S/C25H31N5O4S/c1-20(28(2)17-22-16-26-29(19-22)18-21-6-4-3-5-7-21)25(31)27-23-8-10-24(11-9-23)35(32,33)30-12-14-34-15-13-30/h3-11,16,19-20H,12-15,17-18H2,1-2H3,(H,27,31)/t20-/m0/s1. The van der Waals surface area contributed by atoms with Gasteiger partial charge in [0.05, 0.1) is 36.9 Å². The Morgan fingerprint density at radius 1 is 1.09 bits per heavy atom. The molecule has 1 amide bonds. The highest BCUT2D eigenvalue weighted by Gasteiger charge is 2.26. The number of carbonyl (C=O) groups excluding carboxylic acids is 1. The van der Waals surface area contributed by atoms with Crippen LogP contribution in [-0.4, -0.2) is 72.7 Å². The van der Waals surface area contributed by atoms with Crippen LogP contribution in [0.2, 0.25) is 0 Å². The SMILES string of the molecule is C[C@@H](C(=O)Nc1ccc(S(=O)(=O)N2CCOCC2)cc1)N(C)Cc1cnn(Cc2ccccc2)c1. The second-order valence-corrected chi connectivity index (χ2v) is 10.6. The van der Waals surface area contributed by atoms with Gasteiger partial charge in [0.1, 0.15) is 0 Å². The molecule has 1 aliphatic rings. The number of morpholine rings is 1. The highest BCUT2D eigenvalue weighted by molar-refractivity contribution is 7.89. The average molecular weight is 498 g/mol. The number of nitrogens with one attached hydrogen (secondary N) is 1. The summed E-state index contributed by atoms with van der Waals surface area (Å²) in [6.07, 6.45) is 3.81. The number of rotatable bonds is 9. The Bertz CT molecular complexity index is 1220. The first-order valence-electron chi connectivity index (χ1n) is 11.6. The third-order valence-electron chi connectivity index (χ3n) is 6.08. The first-order valence-corrected chi connectivity index (χ1v) is 13.0. The van der Waals surface area contributed by atoms with Gasteiger partial charge in [-0.1, -0.05) is 30.3 Å². The molecule has 10 heteroatoms. The number of amides is 1. The van der Waals surface area contributed by atoms with E-state index in [0.29, 0.717) is 45.1 Å². The zero-order valence-electron chi connectivity index (χ0n) is 20.0. The predicted octanol–water partition coefficient (Wildman–Crippen LogP) is 2.41. The van der Waals surface area contributed by atoms with Crippen molar-refractivity contribution in [1.29, 1.82) is 0 Å². The molecule has 1 saturated heterocycles. The minimum Gasteiger partial charge on any atom is -0.379 e. The number of likely N-dealkylation sites (N-methyl/N-ethyl adjacent to an activating group) is 1. The number of sulfonamides is 1. The topological polar surface area (TPSA) is 96.8 Å². The number of hydrogen-bond donors (Lipinski definition) is 1. The van der Waals surface area contributed by atoms with Crippen molar-refractivity contribution in [3.05, 3.63) is 78.1 Å². The molecule has 1 N–H and O–H groups in total. The van der Waals surface area contributed by atoms with Crippen LogP contribution in [0.25, 0.3) is 0 Å². The molecule has 0 radical (unpaired) electrons. The summed E-state index contributed by atoms with van der Waals surface area (Å²) in [7, 11) is -1.68. The van der Waals surface area contributed by atoms with Crippen LogP contribution in [0.15, 0.2) is 71.9 Å². The van der Waals surface area contributed by atoms with Crippen molar-refractivity contribution in [2.75, 3.05) is 38.7 Å². The quantitative estimate of drug-likeness (QED) is 0.488. The van der Waals surface area contributed by atoms with E-state index in [0.717, 1.165) is 5.56 Å². The van der Waals surface area contributed by atoms with Crippen molar-refractivity contribution >= 4 is 21.6 Å². The van der Waals surface area contributed by atoms with E-state index in [4.69, 9.17) is 4.74 Å². The first-order chi connectivity index (χ1) is 16.8. The van der Waals surface area contributed by atoms with Crippen LogP contribution in [0, 0.1) is 0 Å². The van der Waals surface area contributed by atoms with Crippen molar-refractivity contribution in [2.24, 2.45) is 0 Å². The van der Waals surface area contributed by atoms with Gasteiger partial charge >= 0.3 is 0 Å². The van der Waals surface area contributed by atoms with Gasteiger partial charge in [-0.25, -0.2) is 8.42 Å². The van der Waals surface area contributed by atoms with Gasteiger partial charge < -0.3 is 10.1 Å². The number of benzene rings is 2. The predicted molar refractivity (Wildman–Crippen MR) is 133 cm³/mol. The molecular formula is C25H31N5O4S. The highest BCUT2D eigenvalue weighted by atomic mass is 32.2. The molecule has 0 aliphatic carbocycles. The van der Waals surface area contributed by atoms with Gasteiger partial charge in [0.25, 0.3) is 0 Å². The van der Waals surface area contributed by atoms with Crippen LogP contribution >= 0.6 is 0 Å². The third-order valence-corrected chi connectivity index (χ3v) is 7.99. The van der Waals surface area contributed by atoms with E-state index in [1.807, 2.05) is 54.1 Å². The Hall–Kier alpha value is -3.05. The van der Waals surface area contributed by atoms with E-state index in [1.165, 1.54) is 22.0 Å². The molecule has 9 nitrogen and oxygen atoms in total. The lowest BCUT2D eigenvalue weighted by atomic mass is 10.2. The smallest absolute Gasteiger partial charge is 0.243 e. The lowest BCUT2D eigenvalue weighted by molar-refractivity contribution is -0.120. The Morgan fingerprint density at radius 2 is 1.77 bits per heavy atom. The minimum absolute atomic E-state index is 0.173.